The van der Waals surface area contributed by atoms with Crippen molar-refractivity contribution >= 4 is 51.7 Å². The van der Waals surface area contributed by atoms with E-state index in [-0.39, 0.29) is 12.5 Å². The highest BCUT2D eigenvalue weighted by atomic mass is 35.5. The second-order valence-corrected chi connectivity index (χ2v) is 8.74. The average Bonchev–Trinajstić information content (AvgIpc) is 3.43. The minimum absolute atomic E-state index is 0.169. The van der Waals surface area contributed by atoms with E-state index in [9.17, 15) is 9.59 Å². The number of thiazole rings is 1. The molecule has 2 heterocycles. The number of hydrogen-bond acceptors (Lipinski definition) is 5. The maximum absolute atomic E-state index is 12.8. The molecule has 4 rings (SSSR count). The first kappa shape index (κ1) is 21.6. The van der Waals surface area contributed by atoms with E-state index in [0.29, 0.717) is 33.8 Å². The van der Waals surface area contributed by atoms with E-state index < -0.39 is 12.1 Å². The topological polar surface area (TPSA) is 71.5 Å². The van der Waals surface area contributed by atoms with Crippen LogP contribution in [-0.4, -0.2) is 34.5 Å². The number of amides is 2. The van der Waals surface area contributed by atoms with E-state index >= 15 is 0 Å². The molecule has 0 radical (unpaired) electrons. The van der Waals surface area contributed by atoms with Gasteiger partial charge in [-0.1, -0.05) is 53.5 Å². The minimum Gasteiger partial charge on any atom is -0.445 e. The van der Waals surface area contributed by atoms with Crippen molar-refractivity contribution in [1.29, 1.82) is 0 Å². The maximum atomic E-state index is 12.8. The standard InChI is InChI=1S/C22H19Cl2N3O3S/c23-15-8-9-16(17(24)11-15)18-13-31-21(25-18)26-20(28)19-7-4-10-27(19)22(29)30-12-14-5-2-1-3-6-14/h1-3,5-6,8-9,11,13,19H,4,7,10,12H2,(H,25,26,28). The van der Waals surface area contributed by atoms with Gasteiger partial charge in [0.15, 0.2) is 5.13 Å². The fraction of sp³-hybridized carbons (Fsp3) is 0.227. The zero-order valence-electron chi connectivity index (χ0n) is 16.4. The molecule has 1 N–H and O–H groups in total. The van der Waals surface area contributed by atoms with Crippen molar-refractivity contribution in [2.75, 3.05) is 11.9 Å². The number of ether oxygens (including phenoxy) is 1. The number of likely N-dealkylation sites (tertiary alicyclic amines) is 1. The van der Waals surface area contributed by atoms with Crippen LogP contribution in [-0.2, 0) is 16.1 Å². The summed E-state index contributed by atoms with van der Waals surface area (Å²) in [6, 6.07) is 14.0. The molecule has 0 spiro atoms. The van der Waals surface area contributed by atoms with Crippen LogP contribution in [0.25, 0.3) is 11.3 Å². The van der Waals surface area contributed by atoms with Crippen LogP contribution in [0.5, 0.6) is 0 Å². The third-order valence-corrected chi connectivity index (χ3v) is 6.24. The zero-order chi connectivity index (χ0) is 21.8. The lowest BCUT2D eigenvalue weighted by Crippen LogP contribution is -2.43. The van der Waals surface area contributed by atoms with E-state index in [0.717, 1.165) is 17.5 Å². The number of hydrogen-bond donors (Lipinski definition) is 1. The van der Waals surface area contributed by atoms with E-state index in [2.05, 4.69) is 10.3 Å². The van der Waals surface area contributed by atoms with Gasteiger partial charge in [-0.15, -0.1) is 11.3 Å². The lowest BCUT2D eigenvalue weighted by molar-refractivity contribution is -0.120. The molecule has 1 unspecified atom stereocenters. The Hall–Kier alpha value is -2.61. The molecule has 2 amide bonds. The van der Waals surface area contributed by atoms with Crippen molar-refractivity contribution in [3.05, 3.63) is 69.5 Å². The highest BCUT2D eigenvalue weighted by molar-refractivity contribution is 7.14. The summed E-state index contributed by atoms with van der Waals surface area (Å²) in [6.07, 6.45) is 0.824. The van der Waals surface area contributed by atoms with Crippen LogP contribution in [0.3, 0.4) is 0 Å². The van der Waals surface area contributed by atoms with Crippen LogP contribution in [0.15, 0.2) is 53.9 Å². The normalized spacial score (nSPS) is 15.7. The largest absolute Gasteiger partial charge is 0.445 e. The SMILES string of the molecule is O=C(Nc1nc(-c2ccc(Cl)cc2Cl)cs1)C1CCCN1C(=O)OCc1ccccc1. The Morgan fingerprint density at radius 3 is 2.77 bits per heavy atom. The van der Waals surface area contributed by atoms with E-state index in [1.54, 1.807) is 18.2 Å². The van der Waals surface area contributed by atoms with Gasteiger partial charge in [0.1, 0.15) is 12.6 Å². The van der Waals surface area contributed by atoms with Gasteiger partial charge in [-0.05, 0) is 36.6 Å². The number of nitrogens with one attached hydrogen (secondary N) is 1. The van der Waals surface area contributed by atoms with Crippen LogP contribution in [0, 0.1) is 0 Å². The van der Waals surface area contributed by atoms with Gasteiger partial charge in [-0.25, -0.2) is 9.78 Å². The van der Waals surface area contributed by atoms with Crippen molar-refractivity contribution in [3.63, 3.8) is 0 Å². The van der Waals surface area contributed by atoms with Crippen LogP contribution in [0.2, 0.25) is 10.0 Å². The molecule has 1 aliphatic rings. The predicted molar refractivity (Wildman–Crippen MR) is 123 cm³/mol. The number of carbonyl (C=O) groups excluding carboxylic acids is 2. The Morgan fingerprint density at radius 1 is 1.19 bits per heavy atom. The van der Waals surface area contributed by atoms with E-state index in [1.165, 1.54) is 16.2 Å². The molecular formula is C22H19Cl2N3O3S. The van der Waals surface area contributed by atoms with E-state index in [4.69, 9.17) is 27.9 Å². The Morgan fingerprint density at radius 2 is 2.00 bits per heavy atom. The molecule has 0 aliphatic carbocycles. The van der Waals surface area contributed by atoms with Crippen molar-refractivity contribution in [3.8, 4) is 11.3 Å². The van der Waals surface area contributed by atoms with Crippen LogP contribution in [0.1, 0.15) is 18.4 Å². The summed E-state index contributed by atoms with van der Waals surface area (Å²) in [6.45, 7) is 0.650. The molecule has 2 aromatic carbocycles. The molecule has 1 saturated heterocycles. The molecule has 1 fully saturated rings. The van der Waals surface area contributed by atoms with Gasteiger partial charge < -0.3 is 10.1 Å². The van der Waals surface area contributed by atoms with Gasteiger partial charge in [0, 0.05) is 22.5 Å². The fourth-order valence-corrected chi connectivity index (χ4v) is 4.62. The summed E-state index contributed by atoms with van der Waals surface area (Å²) in [7, 11) is 0. The van der Waals surface area contributed by atoms with Gasteiger partial charge >= 0.3 is 6.09 Å². The molecular weight excluding hydrogens is 457 g/mol. The second kappa shape index (κ2) is 9.68. The monoisotopic (exact) mass is 475 g/mol. The molecule has 1 aromatic heterocycles. The minimum atomic E-state index is -0.588. The summed E-state index contributed by atoms with van der Waals surface area (Å²) in [5, 5.41) is 6.09. The number of rotatable bonds is 5. The van der Waals surface area contributed by atoms with Crippen molar-refractivity contribution in [1.82, 2.24) is 9.88 Å². The number of anilines is 1. The first-order valence-corrected chi connectivity index (χ1v) is 11.3. The van der Waals surface area contributed by atoms with Crippen molar-refractivity contribution < 1.29 is 14.3 Å². The summed E-state index contributed by atoms with van der Waals surface area (Å²) < 4.78 is 5.40. The fourth-order valence-electron chi connectivity index (χ4n) is 3.40. The number of benzene rings is 2. The van der Waals surface area contributed by atoms with Gasteiger partial charge in [-0.2, -0.15) is 0 Å². The van der Waals surface area contributed by atoms with Crippen LogP contribution >= 0.6 is 34.5 Å². The first-order chi connectivity index (χ1) is 15.0. The summed E-state index contributed by atoms with van der Waals surface area (Å²) in [5.41, 5.74) is 2.27. The average molecular weight is 476 g/mol. The van der Waals surface area contributed by atoms with Gasteiger partial charge in [0.25, 0.3) is 0 Å². The molecule has 31 heavy (non-hydrogen) atoms. The number of carbonyl (C=O) groups is 2. The molecule has 160 valence electrons. The van der Waals surface area contributed by atoms with Crippen LogP contribution in [0.4, 0.5) is 9.93 Å². The quantitative estimate of drug-likeness (QED) is 0.501. The lowest BCUT2D eigenvalue weighted by atomic mass is 10.2. The molecule has 0 bridgehead atoms. The van der Waals surface area contributed by atoms with Gasteiger partial charge in [0.2, 0.25) is 5.91 Å². The van der Waals surface area contributed by atoms with E-state index in [1.807, 2.05) is 35.7 Å². The highest BCUT2D eigenvalue weighted by Gasteiger charge is 2.35. The maximum Gasteiger partial charge on any atom is 0.410 e. The Labute approximate surface area is 193 Å². The molecule has 1 aliphatic heterocycles. The number of nitrogens with zero attached hydrogens (tertiary/aromatic N) is 2. The summed E-state index contributed by atoms with van der Waals surface area (Å²) in [5.74, 6) is -0.280. The highest BCUT2D eigenvalue weighted by Crippen LogP contribution is 2.32. The molecule has 3 aromatic rings. The summed E-state index contributed by atoms with van der Waals surface area (Å²) >= 11 is 13.5. The third-order valence-electron chi connectivity index (χ3n) is 4.94. The third kappa shape index (κ3) is 5.18. The Kier molecular flexibility index (Phi) is 6.75. The molecule has 1 atom stereocenters. The Balaban J connectivity index is 1.38. The smallest absolute Gasteiger partial charge is 0.410 e. The predicted octanol–water partition coefficient (Wildman–Crippen LogP) is 5.86. The summed E-state index contributed by atoms with van der Waals surface area (Å²) in [4.78, 5) is 31.3. The molecule has 0 saturated carbocycles. The Bertz CT molecular complexity index is 1090. The molecule has 9 heteroatoms. The van der Waals surface area contributed by atoms with Crippen molar-refractivity contribution in [2.45, 2.75) is 25.5 Å². The molecule has 6 nitrogen and oxygen atoms in total. The van der Waals surface area contributed by atoms with Gasteiger partial charge in [-0.3, -0.25) is 9.69 Å². The first-order valence-electron chi connectivity index (χ1n) is 9.70. The lowest BCUT2D eigenvalue weighted by Gasteiger charge is -2.22. The van der Waals surface area contributed by atoms with Gasteiger partial charge in [0.05, 0.1) is 10.7 Å². The number of aromatic nitrogens is 1. The second-order valence-electron chi connectivity index (χ2n) is 7.04. The zero-order valence-corrected chi connectivity index (χ0v) is 18.7. The van der Waals surface area contributed by atoms with Crippen LogP contribution < -0.4 is 5.32 Å². The number of halogens is 2. The van der Waals surface area contributed by atoms with Crippen molar-refractivity contribution in [2.24, 2.45) is 0 Å².